The topological polar surface area (TPSA) is 78.9 Å². The van der Waals surface area contributed by atoms with Crippen LogP contribution in [0.1, 0.15) is 45.4 Å². The van der Waals surface area contributed by atoms with E-state index in [-0.39, 0.29) is 18.3 Å². The summed E-state index contributed by atoms with van der Waals surface area (Å²) in [5.41, 5.74) is 5.41. The van der Waals surface area contributed by atoms with Crippen LogP contribution in [0.5, 0.6) is 0 Å². The summed E-state index contributed by atoms with van der Waals surface area (Å²) in [7, 11) is 0. The molecule has 98 valence electrons. The highest BCUT2D eigenvalue weighted by Gasteiger charge is 2.18. The molecule has 0 saturated heterocycles. The summed E-state index contributed by atoms with van der Waals surface area (Å²) in [6, 6.07) is 0. The lowest BCUT2D eigenvalue weighted by Gasteiger charge is -2.20. The van der Waals surface area contributed by atoms with Gasteiger partial charge in [-0.1, -0.05) is 30.8 Å². The van der Waals surface area contributed by atoms with E-state index in [2.05, 4.69) is 5.16 Å². The van der Waals surface area contributed by atoms with Crippen LogP contribution in [0.2, 0.25) is 0 Å². The lowest BCUT2D eigenvalue weighted by atomic mass is 10.0. The van der Waals surface area contributed by atoms with Crippen LogP contribution < -0.4 is 5.73 Å². The summed E-state index contributed by atoms with van der Waals surface area (Å²) in [6.07, 6.45) is 6.70. The fourth-order valence-electron chi connectivity index (χ4n) is 2.39. The molecular formula is C12H23N3O2. The smallest absolute Gasteiger partial charge is 0.222 e. The van der Waals surface area contributed by atoms with Gasteiger partial charge in [-0.15, -0.1) is 0 Å². The summed E-state index contributed by atoms with van der Waals surface area (Å²) >= 11 is 0. The number of likely N-dealkylation sites (N-methyl/N-ethyl adjacent to an activating group) is 1. The number of carbonyl (C=O) groups excluding carboxylic acids is 1. The maximum absolute atomic E-state index is 11.9. The van der Waals surface area contributed by atoms with Crippen LogP contribution in [0.25, 0.3) is 0 Å². The monoisotopic (exact) mass is 241 g/mol. The molecule has 1 aliphatic carbocycles. The Bertz CT molecular complexity index is 273. The Balaban J connectivity index is 2.32. The average molecular weight is 241 g/mol. The molecule has 0 aromatic carbocycles. The molecule has 1 fully saturated rings. The Labute approximate surface area is 103 Å². The number of hydrogen-bond acceptors (Lipinski definition) is 3. The summed E-state index contributed by atoms with van der Waals surface area (Å²) in [6.45, 7) is 2.72. The van der Waals surface area contributed by atoms with Crippen molar-refractivity contribution in [2.75, 3.05) is 13.1 Å². The Kier molecular flexibility index (Phi) is 5.80. The van der Waals surface area contributed by atoms with Crippen molar-refractivity contribution in [3.63, 3.8) is 0 Å². The second kappa shape index (κ2) is 7.14. The first-order chi connectivity index (χ1) is 8.17. The van der Waals surface area contributed by atoms with E-state index < -0.39 is 0 Å². The first-order valence-electron chi connectivity index (χ1n) is 6.41. The maximum atomic E-state index is 11.9. The minimum absolute atomic E-state index is 0.0843. The molecule has 0 unspecified atom stereocenters. The first kappa shape index (κ1) is 13.8. The molecule has 0 aromatic heterocycles. The summed E-state index contributed by atoms with van der Waals surface area (Å²) in [4.78, 5) is 13.5. The number of oxime groups is 1. The lowest BCUT2D eigenvalue weighted by Crippen LogP contribution is -2.38. The summed E-state index contributed by atoms with van der Waals surface area (Å²) in [5.74, 6) is 0.911. The van der Waals surface area contributed by atoms with Gasteiger partial charge in [0.05, 0.1) is 6.54 Å². The fraction of sp³-hybridized carbons (Fsp3) is 0.833. The number of amides is 1. The van der Waals surface area contributed by atoms with Gasteiger partial charge in [-0.05, 0) is 19.3 Å². The molecule has 0 spiro atoms. The van der Waals surface area contributed by atoms with Crippen LogP contribution in [0.3, 0.4) is 0 Å². The highest BCUT2D eigenvalue weighted by atomic mass is 16.4. The van der Waals surface area contributed by atoms with Gasteiger partial charge in [0, 0.05) is 13.0 Å². The van der Waals surface area contributed by atoms with Crippen molar-refractivity contribution in [2.24, 2.45) is 16.8 Å². The molecule has 1 aliphatic rings. The zero-order valence-electron chi connectivity index (χ0n) is 10.6. The zero-order valence-corrected chi connectivity index (χ0v) is 10.6. The predicted octanol–water partition coefficient (Wildman–Crippen LogP) is 1.55. The minimum Gasteiger partial charge on any atom is -0.409 e. The molecule has 0 heterocycles. The Morgan fingerprint density at radius 1 is 1.47 bits per heavy atom. The number of amidine groups is 1. The van der Waals surface area contributed by atoms with Crippen LogP contribution in [-0.4, -0.2) is 34.9 Å². The van der Waals surface area contributed by atoms with Gasteiger partial charge in [0.1, 0.15) is 0 Å². The van der Waals surface area contributed by atoms with Gasteiger partial charge < -0.3 is 15.8 Å². The van der Waals surface area contributed by atoms with E-state index in [0.29, 0.717) is 13.0 Å². The quantitative estimate of drug-likeness (QED) is 0.320. The minimum atomic E-state index is 0.0843. The van der Waals surface area contributed by atoms with Gasteiger partial charge in [0.2, 0.25) is 5.91 Å². The number of carbonyl (C=O) groups is 1. The highest BCUT2D eigenvalue weighted by molar-refractivity contribution is 5.86. The number of nitrogens with zero attached hydrogens (tertiary/aromatic N) is 2. The lowest BCUT2D eigenvalue weighted by molar-refractivity contribution is -0.130. The molecule has 5 nitrogen and oxygen atoms in total. The van der Waals surface area contributed by atoms with Crippen LogP contribution in [0.15, 0.2) is 5.16 Å². The maximum Gasteiger partial charge on any atom is 0.222 e. The third-order valence-electron chi connectivity index (χ3n) is 3.46. The predicted molar refractivity (Wildman–Crippen MR) is 66.9 cm³/mol. The van der Waals surface area contributed by atoms with E-state index in [1.807, 2.05) is 6.92 Å². The van der Waals surface area contributed by atoms with Crippen LogP contribution >= 0.6 is 0 Å². The zero-order chi connectivity index (χ0) is 12.7. The van der Waals surface area contributed by atoms with Crippen molar-refractivity contribution in [1.82, 2.24) is 4.90 Å². The Morgan fingerprint density at radius 2 is 2.12 bits per heavy atom. The van der Waals surface area contributed by atoms with Crippen LogP contribution in [0.4, 0.5) is 0 Å². The molecule has 1 amide bonds. The first-order valence-corrected chi connectivity index (χ1v) is 6.41. The van der Waals surface area contributed by atoms with Crippen molar-refractivity contribution in [3.05, 3.63) is 0 Å². The van der Waals surface area contributed by atoms with E-state index in [0.717, 1.165) is 12.3 Å². The third-order valence-corrected chi connectivity index (χ3v) is 3.46. The SMILES string of the molecule is CCN(CC(N)=NO)C(=O)CCC1CCCC1. The molecule has 5 heteroatoms. The Hall–Kier alpha value is -1.26. The summed E-state index contributed by atoms with van der Waals surface area (Å²) < 4.78 is 0. The van der Waals surface area contributed by atoms with Crippen molar-refractivity contribution >= 4 is 11.7 Å². The highest BCUT2D eigenvalue weighted by Crippen LogP contribution is 2.28. The summed E-state index contributed by atoms with van der Waals surface area (Å²) in [5, 5.41) is 11.4. The van der Waals surface area contributed by atoms with Crippen molar-refractivity contribution in [1.29, 1.82) is 0 Å². The van der Waals surface area contributed by atoms with Crippen molar-refractivity contribution < 1.29 is 10.0 Å². The molecule has 3 N–H and O–H groups in total. The standard InChI is InChI=1S/C12H23N3O2/c1-2-15(9-11(13)14-17)12(16)8-7-10-5-3-4-6-10/h10,17H,2-9H2,1H3,(H2,13,14). The molecule has 0 aromatic rings. The molecule has 1 saturated carbocycles. The van der Waals surface area contributed by atoms with Gasteiger partial charge in [-0.25, -0.2) is 0 Å². The number of hydrogen-bond donors (Lipinski definition) is 2. The number of rotatable bonds is 6. The van der Waals surface area contributed by atoms with Crippen LogP contribution in [0, 0.1) is 5.92 Å². The van der Waals surface area contributed by atoms with Gasteiger partial charge in [-0.3, -0.25) is 4.79 Å². The normalized spacial score (nSPS) is 17.4. The average Bonchev–Trinajstić information content (AvgIpc) is 2.85. The van der Waals surface area contributed by atoms with Gasteiger partial charge in [-0.2, -0.15) is 0 Å². The van der Waals surface area contributed by atoms with E-state index in [1.165, 1.54) is 25.7 Å². The largest absolute Gasteiger partial charge is 0.409 e. The van der Waals surface area contributed by atoms with E-state index in [1.54, 1.807) is 4.90 Å². The molecule has 1 rings (SSSR count). The van der Waals surface area contributed by atoms with E-state index in [4.69, 9.17) is 10.9 Å². The molecular weight excluding hydrogens is 218 g/mol. The molecule has 0 aliphatic heterocycles. The Morgan fingerprint density at radius 3 is 2.65 bits per heavy atom. The van der Waals surface area contributed by atoms with Gasteiger partial charge in [0.15, 0.2) is 5.84 Å². The molecule has 17 heavy (non-hydrogen) atoms. The van der Waals surface area contributed by atoms with Crippen molar-refractivity contribution in [3.8, 4) is 0 Å². The molecule has 0 radical (unpaired) electrons. The van der Waals surface area contributed by atoms with E-state index >= 15 is 0 Å². The van der Waals surface area contributed by atoms with E-state index in [9.17, 15) is 4.79 Å². The third kappa shape index (κ3) is 4.63. The molecule has 0 atom stereocenters. The van der Waals surface area contributed by atoms with Gasteiger partial charge >= 0.3 is 0 Å². The van der Waals surface area contributed by atoms with Crippen molar-refractivity contribution in [2.45, 2.75) is 45.4 Å². The van der Waals surface area contributed by atoms with Crippen LogP contribution in [-0.2, 0) is 4.79 Å². The second-order valence-corrected chi connectivity index (χ2v) is 4.69. The number of nitrogens with two attached hydrogens (primary N) is 1. The van der Waals surface area contributed by atoms with Gasteiger partial charge in [0.25, 0.3) is 0 Å². The second-order valence-electron chi connectivity index (χ2n) is 4.69. The molecule has 0 bridgehead atoms. The fourth-order valence-corrected chi connectivity index (χ4v) is 2.39.